The predicted molar refractivity (Wildman–Crippen MR) is 77.5 cm³/mol. The van der Waals surface area contributed by atoms with Gasteiger partial charge in [0.05, 0.1) is 13.2 Å². The van der Waals surface area contributed by atoms with Crippen LogP contribution < -0.4 is 4.74 Å². The topological polar surface area (TPSA) is 29.5 Å². The van der Waals surface area contributed by atoms with Crippen molar-refractivity contribution in [3.63, 3.8) is 0 Å². The molecule has 1 N–H and O–H groups in total. The summed E-state index contributed by atoms with van der Waals surface area (Å²) in [6.07, 6.45) is -0.767. The van der Waals surface area contributed by atoms with Crippen molar-refractivity contribution in [2.24, 2.45) is 0 Å². The van der Waals surface area contributed by atoms with Gasteiger partial charge in [0.2, 0.25) is 0 Å². The molecule has 2 nitrogen and oxygen atoms in total. The van der Waals surface area contributed by atoms with Gasteiger partial charge >= 0.3 is 0 Å². The van der Waals surface area contributed by atoms with E-state index in [1.807, 2.05) is 26.0 Å². The Kier molecular flexibility index (Phi) is 4.58. The third-order valence-electron chi connectivity index (χ3n) is 3.40. The maximum atomic E-state index is 13.2. The Labute approximate surface area is 123 Å². The highest BCUT2D eigenvalue weighted by molar-refractivity contribution is 5.45. The van der Waals surface area contributed by atoms with Gasteiger partial charge in [-0.2, -0.15) is 0 Å². The predicted octanol–water partition coefficient (Wildman–Crippen LogP) is 3.87. The normalized spacial score (nSPS) is 12.3. The van der Waals surface area contributed by atoms with Crippen molar-refractivity contribution < 1.29 is 18.6 Å². The molecule has 0 heterocycles. The van der Waals surface area contributed by atoms with Crippen LogP contribution in [0.2, 0.25) is 0 Å². The summed E-state index contributed by atoms with van der Waals surface area (Å²) < 4.78 is 31.7. The van der Waals surface area contributed by atoms with Crippen LogP contribution in [-0.4, -0.2) is 12.2 Å². The molecule has 0 spiro atoms. The molecule has 112 valence electrons. The first-order valence-electron chi connectivity index (χ1n) is 6.69. The highest BCUT2D eigenvalue weighted by atomic mass is 19.1. The molecule has 0 aromatic heterocycles. The van der Waals surface area contributed by atoms with Crippen molar-refractivity contribution in [1.29, 1.82) is 0 Å². The fourth-order valence-corrected chi connectivity index (χ4v) is 2.59. The summed E-state index contributed by atoms with van der Waals surface area (Å²) >= 11 is 0. The van der Waals surface area contributed by atoms with E-state index in [4.69, 9.17) is 4.74 Å². The molecule has 0 aliphatic carbocycles. The van der Waals surface area contributed by atoms with E-state index in [0.717, 1.165) is 17.2 Å². The summed E-state index contributed by atoms with van der Waals surface area (Å²) in [5, 5.41) is 10.4. The summed E-state index contributed by atoms with van der Waals surface area (Å²) in [6.45, 7) is 3.81. The molecule has 0 radical (unpaired) electrons. The van der Waals surface area contributed by atoms with Crippen LogP contribution in [0.4, 0.5) is 8.78 Å². The Morgan fingerprint density at radius 1 is 1.05 bits per heavy atom. The monoisotopic (exact) mass is 292 g/mol. The lowest BCUT2D eigenvalue weighted by atomic mass is 9.95. The minimum absolute atomic E-state index is 0.120. The summed E-state index contributed by atoms with van der Waals surface area (Å²) in [4.78, 5) is 0. The van der Waals surface area contributed by atoms with Crippen molar-refractivity contribution in [3.05, 3.63) is 64.2 Å². The van der Waals surface area contributed by atoms with Gasteiger partial charge in [0.15, 0.2) is 0 Å². The number of aryl methyl sites for hydroxylation is 2. The maximum absolute atomic E-state index is 13.2. The molecular formula is C17H18F2O2. The van der Waals surface area contributed by atoms with Gasteiger partial charge in [0.1, 0.15) is 17.4 Å². The molecule has 2 rings (SSSR count). The molecule has 4 heteroatoms. The summed E-state index contributed by atoms with van der Waals surface area (Å²) in [6, 6.07) is 7.03. The van der Waals surface area contributed by atoms with Gasteiger partial charge < -0.3 is 9.84 Å². The van der Waals surface area contributed by atoms with Crippen LogP contribution in [0.15, 0.2) is 30.3 Å². The third kappa shape index (κ3) is 3.58. The summed E-state index contributed by atoms with van der Waals surface area (Å²) in [5.41, 5.74) is 2.96. The van der Waals surface area contributed by atoms with Crippen molar-refractivity contribution in [2.45, 2.75) is 26.4 Å². The number of aliphatic hydroxyl groups is 1. The second-order valence-corrected chi connectivity index (χ2v) is 5.20. The van der Waals surface area contributed by atoms with Gasteiger partial charge in [-0.25, -0.2) is 8.78 Å². The molecule has 1 unspecified atom stereocenters. The summed E-state index contributed by atoms with van der Waals surface area (Å²) in [7, 11) is 1.53. The van der Waals surface area contributed by atoms with Crippen LogP contribution >= 0.6 is 0 Å². The average Bonchev–Trinajstić information content (AvgIpc) is 2.35. The largest absolute Gasteiger partial charge is 0.496 e. The van der Waals surface area contributed by atoms with E-state index in [2.05, 4.69) is 0 Å². The van der Waals surface area contributed by atoms with Gasteiger partial charge in [-0.1, -0.05) is 6.07 Å². The van der Waals surface area contributed by atoms with Crippen LogP contribution in [0.1, 0.15) is 28.4 Å². The lowest BCUT2D eigenvalue weighted by Crippen LogP contribution is -2.07. The molecule has 2 aromatic rings. The lowest BCUT2D eigenvalue weighted by Gasteiger charge is -2.18. The van der Waals surface area contributed by atoms with E-state index in [0.29, 0.717) is 16.9 Å². The number of aliphatic hydroxyl groups excluding tert-OH is 1. The zero-order chi connectivity index (χ0) is 15.6. The maximum Gasteiger partial charge on any atom is 0.126 e. The number of benzene rings is 2. The molecule has 0 fully saturated rings. The molecular weight excluding hydrogens is 274 g/mol. The van der Waals surface area contributed by atoms with Crippen LogP contribution in [0.3, 0.4) is 0 Å². The second-order valence-electron chi connectivity index (χ2n) is 5.20. The highest BCUT2D eigenvalue weighted by Gasteiger charge is 2.18. The zero-order valence-corrected chi connectivity index (χ0v) is 12.3. The van der Waals surface area contributed by atoms with Gasteiger partial charge in [0.25, 0.3) is 0 Å². The van der Waals surface area contributed by atoms with Crippen LogP contribution in [-0.2, 0) is 6.42 Å². The number of halogens is 2. The van der Waals surface area contributed by atoms with Gasteiger partial charge in [-0.05, 0) is 48.7 Å². The van der Waals surface area contributed by atoms with Crippen molar-refractivity contribution in [2.75, 3.05) is 7.11 Å². The van der Waals surface area contributed by atoms with E-state index >= 15 is 0 Å². The number of hydrogen-bond donors (Lipinski definition) is 1. The Morgan fingerprint density at radius 2 is 1.67 bits per heavy atom. The lowest BCUT2D eigenvalue weighted by molar-refractivity contribution is 0.173. The Balaban J connectivity index is 2.34. The summed E-state index contributed by atoms with van der Waals surface area (Å²) in [5.74, 6) is -0.716. The molecule has 0 saturated carbocycles. The molecule has 0 amide bonds. The molecule has 0 aliphatic heterocycles. The second kappa shape index (κ2) is 6.22. The van der Waals surface area contributed by atoms with Crippen molar-refractivity contribution in [1.82, 2.24) is 0 Å². The Hall–Kier alpha value is -1.94. The number of hydrogen-bond acceptors (Lipinski definition) is 2. The number of rotatable bonds is 4. The van der Waals surface area contributed by atoms with Crippen molar-refractivity contribution in [3.8, 4) is 5.75 Å². The number of ether oxygens (including phenoxy) is 1. The molecule has 2 aromatic carbocycles. The molecule has 21 heavy (non-hydrogen) atoms. The average molecular weight is 292 g/mol. The quantitative estimate of drug-likeness (QED) is 0.927. The fourth-order valence-electron chi connectivity index (χ4n) is 2.59. The van der Waals surface area contributed by atoms with E-state index in [-0.39, 0.29) is 6.42 Å². The minimum atomic E-state index is -0.887. The SMILES string of the molecule is COc1cc(C)cc(C)c1C(O)Cc1cc(F)cc(F)c1. The van der Waals surface area contributed by atoms with Crippen LogP contribution in [0.5, 0.6) is 5.75 Å². The smallest absolute Gasteiger partial charge is 0.126 e. The molecule has 0 bridgehead atoms. The van der Waals surface area contributed by atoms with Gasteiger partial charge in [-0.15, -0.1) is 0 Å². The first kappa shape index (κ1) is 15.4. The first-order valence-corrected chi connectivity index (χ1v) is 6.69. The van der Waals surface area contributed by atoms with Gasteiger partial charge in [-0.3, -0.25) is 0 Å². The minimum Gasteiger partial charge on any atom is -0.496 e. The Bertz CT molecular complexity index is 633. The van der Waals surface area contributed by atoms with E-state index in [1.165, 1.54) is 19.2 Å². The molecule has 1 atom stereocenters. The van der Waals surface area contributed by atoms with E-state index < -0.39 is 17.7 Å². The van der Waals surface area contributed by atoms with Crippen LogP contribution in [0.25, 0.3) is 0 Å². The first-order chi connectivity index (χ1) is 9.90. The van der Waals surface area contributed by atoms with Crippen molar-refractivity contribution >= 4 is 0 Å². The fraction of sp³-hybridized carbons (Fsp3) is 0.294. The molecule has 0 saturated heterocycles. The number of methoxy groups -OCH3 is 1. The third-order valence-corrected chi connectivity index (χ3v) is 3.40. The van der Waals surface area contributed by atoms with Crippen LogP contribution in [0, 0.1) is 25.5 Å². The van der Waals surface area contributed by atoms with E-state index in [1.54, 1.807) is 0 Å². The van der Waals surface area contributed by atoms with E-state index in [9.17, 15) is 13.9 Å². The zero-order valence-electron chi connectivity index (χ0n) is 12.3. The van der Waals surface area contributed by atoms with Gasteiger partial charge in [0, 0.05) is 18.1 Å². The Morgan fingerprint density at radius 3 is 2.24 bits per heavy atom. The standard InChI is InChI=1S/C17H18F2O2/c1-10-4-11(2)17(16(5-10)21-3)15(20)8-12-6-13(18)9-14(19)7-12/h4-7,9,15,20H,8H2,1-3H3. The highest BCUT2D eigenvalue weighted by Crippen LogP contribution is 2.32. The molecule has 0 aliphatic rings.